The molecule has 1 heterocycles. The van der Waals surface area contributed by atoms with Gasteiger partial charge in [0.1, 0.15) is 18.3 Å². The summed E-state index contributed by atoms with van der Waals surface area (Å²) >= 11 is 1.27. The summed E-state index contributed by atoms with van der Waals surface area (Å²) in [5.41, 5.74) is 4.80. The number of amides is 2. The highest BCUT2D eigenvalue weighted by atomic mass is 32.1. The smallest absolute Gasteiger partial charge is 0.407 e. The van der Waals surface area contributed by atoms with Crippen LogP contribution in [-0.4, -0.2) is 47.3 Å². The van der Waals surface area contributed by atoms with E-state index in [1.807, 2.05) is 24.3 Å². The summed E-state index contributed by atoms with van der Waals surface area (Å²) in [7, 11) is 0. The van der Waals surface area contributed by atoms with Crippen molar-refractivity contribution < 1.29 is 24.2 Å². The lowest BCUT2D eigenvalue weighted by atomic mass is 9.98. The van der Waals surface area contributed by atoms with Crippen molar-refractivity contribution in [2.45, 2.75) is 25.3 Å². The van der Waals surface area contributed by atoms with Gasteiger partial charge in [0, 0.05) is 24.3 Å². The Bertz CT molecular complexity index is 1150. The van der Waals surface area contributed by atoms with Gasteiger partial charge in [-0.2, -0.15) is 0 Å². The highest BCUT2D eigenvalue weighted by molar-refractivity contribution is 7.09. The number of ether oxygens (including phenoxy) is 1. The van der Waals surface area contributed by atoms with Gasteiger partial charge in [-0.15, -0.1) is 11.3 Å². The normalized spacial score (nSPS) is 13.0. The van der Waals surface area contributed by atoms with E-state index < -0.39 is 24.0 Å². The Hall–Kier alpha value is -3.72. The SMILES string of the molecule is C[C@@H](NC(=O)c1csc(CCNC(=O)OCC2c3ccccc3-c3ccccc32)n1)C(=O)O. The summed E-state index contributed by atoms with van der Waals surface area (Å²) < 4.78 is 5.50. The lowest BCUT2D eigenvalue weighted by Crippen LogP contribution is -2.38. The Morgan fingerprint density at radius 1 is 1.09 bits per heavy atom. The predicted octanol–water partition coefficient (Wildman–Crippen LogP) is 3.43. The number of nitrogens with zero attached hydrogens (tertiary/aromatic N) is 1. The Balaban J connectivity index is 1.26. The van der Waals surface area contributed by atoms with Crippen LogP contribution >= 0.6 is 11.3 Å². The number of alkyl carbamates (subject to hydrolysis) is 1. The zero-order valence-electron chi connectivity index (χ0n) is 17.9. The lowest BCUT2D eigenvalue weighted by molar-refractivity contribution is -0.138. The first-order valence-electron chi connectivity index (χ1n) is 10.5. The van der Waals surface area contributed by atoms with Crippen molar-refractivity contribution in [1.29, 1.82) is 0 Å². The molecule has 0 unspecified atom stereocenters. The fourth-order valence-electron chi connectivity index (χ4n) is 3.78. The van der Waals surface area contributed by atoms with Gasteiger partial charge in [0.25, 0.3) is 5.91 Å². The molecule has 0 spiro atoms. The predicted molar refractivity (Wildman–Crippen MR) is 123 cm³/mol. The van der Waals surface area contributed by atoms with E-state index in [0.717, 1.165) is 11.1 Å². The first-order valence-corrected chi connectivity index (χ1v) is 11.4. The van der Waals surface area contributed by atoms with Crippen LogP contribution in [0.15, 0.2) is 53.9 Å². The third-order valence-electron chi connectivity index (χ3n) is 5.45. The standard InChI is InChI=1S/C24H23N3O5S/c1-14(23(29)30)26-22(28)20-13-33-21(27-20)10-11-25-24(31)32-12-19-17-8-4-2-6-15(17)16-7-3-5-9-18(16)19/h2-9,13-14,19H,10-12H2,1H3,(H,25,31)(H,26,28)(H,29,30)/t14-/m1/s1. The maximum atomic E-state index is 12.2. The highest BCUT2D eigenvalue weighted by Gasteiger charge is 2.29. The number of hydrogen-bond acceptors (Lipinski definition) is 6. The van der Waals surface area contributed by atoms with Crippen molar-refractivity contribution in [3.05, 3.63) is 75.7 Å². The van der Waals surface area contributed by atoms with Crippen LogP contribution in [0.25, 0.3) is 11.1 Å². The van der Waals surface area contributed by atoms with E-state index in [1.54, 1.807) is 5.38 Å². The number of fused-ring (bicyclic) bond motifs is 3. The average Bonchev–Trinajstić information content (AvgIpc) is 3.41. The molecule has 2 aromatic carbocycles. The Morgan fingerprint density at radius 2 is 1.73 bits per heavy atom. The van der Waals surface area contributed by atoms with Gasteiger partial charge in [-0.1, -0.05) is 48.5 Å². The largest absolute Gasteiger partial charge is 0.480 e. The van der Waals surface area contributed by atoms with Crippen LogP contribution in [0, 0.1) is 0 Å². The number of hydrogen-bond donors (Lipinski definition) is 3. The van der Waals surface area contributed by atoms with Gasteiger partial charge in [0.15, 0.2) is 0 Å². The zero-order chi connectivity index (χ0) is 23.4. The minimum atomic E-state index is -1.12. The lowest BCUT2D eigenvalue weighted by Gasteiger charge is -2.14. The van der Waals surface area contributed by atoms with E-state index in [0.29, 0.717) is 18.0 Å². The first kappa shape index (κ1) is 22.5. The third-order valence-corrected chi connectivity index (χ3v) is 6.36. The number of carbonyl (C=O) groups is 3. The molecule has 4 rings (SSSR count). The van der Waals surface area contributed by atoms with E-state index in [1.165, 1.54) is 29.4 Å². The number of carboxylic acid groups (broad SMARTS) is 1. The van der Waals surface area contributed by atoms with E-state index >= 15 is 0 Å². The molecule has 1 aliphatic carbocycles. The molecule has 0 aliphatic heterocycles. The molecule has 0 fully saturated rings. The number of rotatable bonds is 8. The number of nitrogens with one attached hydrogen (secondary N) is 2. The van der Waals surface area contributed by atoms with Crippen molar-refractivity contribution in [1.82, 2.24) is 15.6 Å². The molecule has 0 radical (unpaired) electrons. The van der Waals surface area contributed by atoms with Gasteiger partial charge in [-0.05, 0) is 29.2 Å². The fraction of sp³-hybridized carbons (Fsp3) is 0.250. The van der Waals surface area contributed by atoms with Crippen LogP contribution in [0.5, 0.6) is 0 Å². The maximum Gasteiger partial charge on any atom is 0.407 e. The van der Waals surface area contributed by atoms with Crippen LogP contribution in [0.1, 0.15) is 39.5 Å². The second-order valence-corrected chi connectivity index (χ2v) is 8.60. The maximum absolute atomic E-state index is 12.2. The van der Waals surface area contributed by atoms with Crippen LogP contribution < -0.4 is 10.6 Å². The number of aromatic nitrogens is 1. The van der Waals surface area contributed by atoms with Crippen molar-refractivity contribution >= 4 is 29.3 Å². The van der Waals surface area contributed by atoms with E-state index in [9.17, 15) is 14.4 Å². The molecule has 9 heteroatoms. The Morgan fingerprint density at radius 3 is 2.36 bits per heavy atom. The summed E-state index contributed by atoms with van der Waals surface area (Å²) in [6, 6.07) is 15.3. The van der Waals surface area contributed by atoms with E-state index in [4.69, 9.17) is 9.84 Å². The van der Waals surface area contributed by atoms with Crippen molar-refractivity contribution in [2.75, 3.05) is 13.2 Å². The molecule has 170 valence electrons. The first-order chi connectivity index (χ1) is 15.9. The zero-order valence-corrected chi connectivity index (χ0v) is 18.7. The van der Waals surface area contributed by atoms with Gasteiger partial charge in [0.05, 0.1) is 5.01 Å². The molecule has 33 heavy (non-hydrogen) atoms. The number of carbonyl (C=O) groups excluding carboxylic acids is 2. The van der Waals surface area contributed by atoms with Crippen LogP contribution in [0.3, 0.4) is 0 Å². The minimum Gasteiger partial charge on any atom is -0.480 e. The molecule has 0 saturated heterocycles. The summed E-state index contributed by atoms with van der Waals surface area (Å²) in [4.78, 5) is 39.3. The number of carboxylic acids is 1. The molecule has 1 aromatic heterocycles. The quantitative estimate of drug-likeness (QED) is 0.469. The second kappa shape index (κ2) is 9.83. The molecule has 8 nitrogen and oxygen atoms in total. The number of aliphatic carboxylic acids is 1. The molecule has 2 amide bonds. The summed E-state index contributed by atoms with van der Waals surface area (Å²) in [6.07, 6.45) is -0.0851. The second-order valence-electron chi connectivity index (χ2n) is 7.66. The third kappa shape index (κ3) is 5.04. The van der Waals surface area contributed by atoms with Crippen molar-refractivity contribution in [3.63, 3.8) is 0 Å². The molecule has 0 saturated carbocycles. The summed E-state index contributed by atoms with van der Waals surface area (Å²) in [6.45, 7) is 1.92. The molecule has 1 atom stereocenters. The van der Waals surface area contributed by atoms with Crippen LogP contribution in [-0.2, 0) is 16.0 Å². The molecule has 3 N–H and O–H groups in total. The van der Waals surface area contributed by atoms with Gasteiger partial charge >= 0.3 is 12.1 Å². The topological polar surface area (TPSA) is 118 Å². The molecular weight excluding hydrogens is 442 g/mol. The van der Waals surface area contributed by atoms with E-state index in [-0.39, 0.29) is 18.2 Å². The molecule has 1 aliphatic rings. The monoisotopic (exact) mass is 465 g/mol. The molecular formula is C24H23N3O5S. The fourth-order valence-corrected chi connectivity index (χ4v) is 4.56. The van der Waals surface area contributed by atoms with Gasteiger partial charge in [0.2, 0.25) is 0 Å². The number of benzene rings is 2. The van der Waals surface area contributed by atoms with Gasteiger partial charge < -0.3 is 20.5 Å². The average molecular weight is 466 g/mol. The van der Waals surface area contributed by atoms with Crippen LogP contribution in [0.4, 0.5) is 4.79 Å². The molecule has 0 bridgehead atoms. The Kier molecular flexibility index (Phi) is 6.69. The van der Waals surface area contributed by atoms with Gasteiger partial charge in [-0.3, -0.25) is 9.59 Å². The van der Waals surface area contributed by atoms with Gasteiger partial charge in [-0.25, -0.2) is 9.78 Å². The van der Waals surface area contributed by atoms with Crippen molar-refractivity contribution in [2.24, 2.45) is 0 Å². The number of thiazole rings is 1. The van der Waals surface area contributed by atoms with E-state index in [2.05, 4.69) is 39.9 Å². The van der Waals surface area contributed by atoms with Crippen LogP contribution in [0.2, 0.25) is 0 Å². The Labute approximate surface area is 194 Å². The molecule has 3 aromatic rings. The summed E-state index contributed by atoms with van der Waals surface area (Å²) in [5.74, 6) is -1.67. The summed E-state index contributed by atoms with van der Waals surface area (Å²) in [5, 5.41) is 16.2. The highest BCUT2D eigenvalue weighted by Crippen LogP contribution is 2.44. The van der Waals surface area contributed by atoms with Crippen molar-refractivity contribution in [3.8, 4) is 11.1 Å². The minimum absolute atomic E-state index is 0.00335.